The summed E-state index contributed by atoms with van der Waals surface area (Å²) in [5.74, 6) is -1.26. The molecule has 1 aliphatic heterocycles. The first-order valence-electron chi connectivity index (χ1n) is 7.20. The average molecular weight is 310 g/mol. The number of amides is 2. The van der Waals surface area contributed by atoms with Crippen LogP contribution in [0.15, 0.2) is 17.5 Å². The van der Waals surface area contributed by atoms with Crippen LogP contribution in [0.4, 0.5) is 4.79 Å². The maximum atomic E-state index is 12.6. The molecular formula is C15H22N2O3S. The van der Waals surface area contributed by atoms with Crippen LogP contribution >= 0.6 is 11.3 Å². The van der Waals surface area contributed by atoms with Crippen molar-refractivity contribution in [2.24, 2.45) is 5.92 Å². The van der Waals surface area contributed by atoms with Gasteiger partial charge in [-0.05, 0) is 31.7 Å². The lowest BCUT2D eigenvalue weighted by atomic mass is 10.0. The van der Waals surface area contributed by atoms with Gasteiger partial charge in [0, 0.05) is 37.0 Å². The molecule has 1 N–H and O–H groups in total. The number of thiophene rings is 1. The molecule has 3 atom stereocenters. The summed E-state index contributed by atoms with van der Waals surface area (Å²) >= 11 is 1.69. The second-order valence-corrected chi connectivity index (χ2v) is 6.73. The Morgan fingerprint density at radius 2 is 2.29 bits per heavy atom. The fraction of sp³-hybridized carbons (Fsp3) is 0.600. The van der Waals surface area contributed by atoms with E-state index >= 15 is 0 Å². The highest BCUT2D eigenvalue weighted by Crippen LogP contribution is 2.26. The van der Waals surface area contributed by atoms with Crippen molar-refractivity contribution in [3.63, 3.8) is 0 Å². The quantitative estimate of drug-likeness (QED) is 0.929. The zero-order chi connectivity index (χ0) is 15.6. The van der Waals surface area contributed by atoms with E-state index in [1.165, 1.54) is 4.88 Å². The number of urea groups is 1. The van der Waals surface area contributed by atoms with Gasteiger partial charge in [-0.25, -0.2) is 4.79 Å². The van der Waals surface area contributed by atoms with Crippen LogP contribution < -0.4 is 0 Å². The first-order chi connectivity index (χ1) is 9.91. The van der Waals surface area contributed by atoms with Crippen molar-refractivity contribution < 1.29 is 14.7 Å². The molecule has 2 rings (SSSR count). The van der Waals surface area contributed by atoms with E-state index in [9.17, 15) is 9.59 Å². The number of rotatable bonds is 4. The predicted molar refractivity (Wildman–Crippen MR) is 82.6 cm³/mol. The predicted octanol–water partition coefficient (Wildman–Crippen LogP) is 2.53. The zero-order valence-corrected chi connectivity index (χ0v) is 13.5. The molecule has 0 aromatic carbocycles. The molecule has 5 nitrogen and oxygen atoms in total. The first-order valence-corrected chi connectivity index (χ1v) is 8.08. The molecule has 1 aromatic rings. The molecule has 6 heteroatoms. The van der Waals surface area contributed by atoms with Crippen LogP contribution in [0.3, 0.4) is 0 Å². The highest BCUT2D eigenvalue weighted by molar-refractivity contribution is 7.09. The van der Waals surface area contributed by atoms with Crippen LogP contribution in [0, 0.1) is 5.92 Å². The first kappa shape index (κ1) is 15.8. The summed E-state index contributed by atoms with van der Waals surface area (Å²) in [5.41, 5.74) is 0. The molecule has 1 aliphatic rings. The average Bonchev–Trinajstić information content (AvgIpc) is 3.06. The smallest absolute Gasteiger partial charge is 0.320 e. The Balaban J connectivity index is 1.97. The molecule has 2 amide bonds. The van der Waals surface area contributed by atoms with E-state index in [0.29, 0.717) is 13.0 Å². The molecule has 0 bridgehead atoms. The van der Waals surface area contributed by atoms with Gasteiger partial charge in [0.2, 0.25) is 0 Å². The Morgan fingerprint density at radius 1 is 1.57 bits per heavy atom. The number of aliphatic carboxylic acids is 1. The summed E-state index contributed by atoms with van der Waals surface area (Å²) in [6.45, 7) is 4.36. The van der Waals surface area contributed by atoms with Gasteiger partial charge in [-0.2, -0.15) is 0 Å². The lowest BCUT2D eigenvalue weighted by molar-refractivity contribution is -0.142. The van der Waals surface area contributed by atoms with E-state index in [0.717, 1.165) is 6.42 Å². The van der Waals surface area contributed by atoms with E-state index in [4.69, 9.17) is 5.11 Å². The molecule has 21 heavy (non-hydrogen) atoms. The van der Waals surface area contributed by atoms with Gasteiger partial charge in [-0.15, -0.1) is 11.3 Å². The van der Waals surface area contributed by atoms with Crippen molar-refractivity contribution in [2.45, 2.75) is 38.8 Å². The monoisotopic (exact) mass is 310 g/mol. The number of likely N-dealkylation sites (tertiary alicyclic amines) is 1. The van der Waals surface area contributed by atoms with E-state index in [-0.39, 0.29) is 18.1 Å². The SMILES string of the molecule is CC(Cc1cccs1)N(C)C(=O)N1CCC(C(=O)O)C1C. The lowest BCUT2D eigenvalue weighted by Crippen LogP contribution is -2.48. The number of carboxylic acids is 1. The van der Waals surface area contributed by atoms with Crippen molar-refractivity contribution in [3.05, 3.63) is 22.4 Å². The molecule has 0 saturated carbocycles. The third-order valence-electron chi connectivity index (χ3n) is 4.36. The normalized spacial score (nSPS) is 23.1. The Hall–Kier alpha value is -1.56. The van der Waals surface area contributed by atoms with Crippen LogP contribution in [-0.4, -0.2) is 52.6 Å². The van der Waals surface area contributed by atoms with E-state index in [1.807, 2.05) is 25.3 Å². The molecule has 1 saturated heterocycles. The molecule has 0 spiro atoms. The van der Waals surface area contributed by atoms with Crippen LogP contribution in [-0.2, 0) is 11.2 Å². The fourth-order valence-electron chi connectivity index (χ4n) is 2.79. The standard InChI is InChI=1S/C15H22N2O3S/c1-10(9-12-5-4-8-21-12)16(3)15(20)17-7-6-13(11(17)2)14(18)19/h4-5,8,10-11,13H,6-7,9H2,1-3H3,(H,18,19). The molecule has 0 aliphatic carbocycles. The summed E-state index contributed by atoms with van der Waals surface area (Å²) in [7, 11) is 1.79. The third-order valence-corrected chi connectivity index (χ3v) is 5.26. The Kier molecular flexibility index (Phi) is 4.88. The van der Waals surface area contributed by atoms with E-state index in [1.54, 1.807) is 28.2 Å². The van der Waals surface area contributed by atoms with Crippen molar-refractivity contribution in [1.29, 1.82) is 0 Å². The van der Waals surface area contributed by atoms with Crippen LogP contribution in [0.2, 0.25) is 0 Å². The van der Waals surface area contributed by atoms with E-state index in [2.05, 4.69) is 6.07 Å². The van der Waals surface area contributed by atoms with Crippen LogP contribution in [0.1, 0.15) is 25.1 Å². The van der Waals surface area contributed by atoms with Crippen molar-refractivity contribution in [3.8, 4) is 0 Å². The van der Waals surface area contributed by atoms with Gasteiger partial charge in [0.1, 0.15) is 0 Å². The molecule has 2 heterocycles. The van der Waals surface area contributed by atoms with Crippen LogP contribution in [0.25, 0.3) is 0 Å². The number of carbonyl (C=O) groups is 2. The molecule has 3 unspecified atom stereocenters. The summed E-state index contributed by atoms with van der Waals surface area (Å²) in [6, 6.07) is 3.85. The third kappa shape index (κ3) is 3.37. The van der Waals surface area contributed by atoms with Gasteiger partial charge in [0.25, 0.3) is 0 Å². The maximum absolute atomic E-state index is 12.6. The van der Waals surface area contributed by atoms with Gasteiger partial charge in [-0.3, -0.25) is 4.79 Å². The molecule has 1 aromatic heterocycles. The fourth-order valence-corrected chi connectivity index (χ4v) is 3.61. The highest BCUT2D eigenvalue weighted by atomic mass is 32.1. The van der Waals surface area contributed by atoms with Crippen molar-refractivity contribution in [2.75, 3.05) is 13.6 Å². The van der Waals surface area contributed by atoms with E-state index < -0.39 is 11.9 Å². The number of carboxylic acid groups (broad SMARTS) is 1. The van der Waals surface area contributed by atoms with Gasteiger partial charge in [-0.1, -0.05) is 6.07 Å². The minimum Gasteiger partial charge on any atom is -0.481 e. The Morgan fingerprint density at radius 3 is 2.81 bits per heavy atom. The minimum absolute atomic E-state index is 0.0738. The lowest BCUT2D eigenvalue weighted by Gasteiger charge is -2.32. The topological polar surface area (TPSA) is 60.9 Å². The summed E-state index contributed by atoms with van der Waals surface area (Å²) in [5, 5.41) is 11.2. The Labute approximate surface area is 129 Å². The van der Waals surface area contributed by atoms with Gasteiger partial charge in [0.05, 0.1) is 5.92 Å². The van der Waals surface area contributed by atoms with Gasteiger partial charge >= 0.3 is 12.0 Å². The number of hydrogen-bond acceptors (Lipinski definition) is 3. The number of likely N-dealkylation sites (N-methyl/N-ethyl adjacent to an activating group) is 1. The summed E-state index contributed by atoms with van der Waals surface area (Å²) in [4.78, 5) is 28.4. The molecular weight excluding hydrogens is 288 g/mol. The second kappa shape index (κ2) is 6.47. The van der Waals surface area contributed by atoms with Gasteiger partial charge in [0.15, 0.2) is 0 Å². The number of hydrogen-bond donors (Lipinski definition) is 1. The minimum atomic E-state index is -0.813. The number of nitrogens with zero attached hydrogens (tertiary/aromatic N) is 2. The number of carbonyl (C=O) groups excluding carboxylic acids is 1. The largest absolute Gasteiger partial charge is 0.481 e. The van der Waals surface area contributed by atoms with Crippen molar-refractivity contribution in [1.82, 2.24) is 9.80 Å². The zero-order valence-electron chi connectivity index (χ0n) is 12.7. The van der Waals surface area contributed by atoms with Gasteiger partial charge < -0.3 is 14.9 Å². The maximum Gasteiger partial charge on any atom is 0.320 e. The molecule has 0 radical (unpaired) electrons. The summed E-state index contributed by atoms with van der Waals surface area (Å²) < 4.78 is 0. The Bertz CT molecular complexity index is 503. The van der Waals surface area contributed by atoms with Crippen LogP contribution in [0.5, 0.6) is 0 Å². The van der Waals surface area contributed by atoms with Crippen molar-refractivity contribution >= 4 is 23.3 Å². The summed E-state index contributed by atoms with van der Waals surface area (Å²) in [6.07, 6.45) is 1.36. The highest BCUT2D eigenvalue weighted by Gasteiger charge is 2.39. The molecule has 1 fully saturated rings. The molecule has 116 valence electrons. The second-order valence-electron chi connectivity index (χ2n) is 5.69.